The average Bonchev–Trinajstić information content (AvgIpc) is 2.88. The molecule has 1 aromatic carbocycles. The molecule has 1 heterocycles. The minimum atomic E-state index is 0.575. The molecule has 0 amide bonds. The summed E-state index contributed by atoms with van der Waals surface area (Å²) < 4.78 is 3.47. The number of hydrogen-bond donors (Lipinski definition) is 0. The lowest BCUT2D eigenvalue weighted by Crippen LogP contribution is -2.22. The molecule has 2 unspecified atom stereocenters. The van der Waals surface area contributed by atoms with Crippen molar-refractivity contribution < 1.29 is 0 Å². The summed E-state index contributed by atoms with van der Waals surface area (Å²) in [7, 11) is 0. The topological polar surface area (TPSA) is 17.8 Å². The summed E-state index contributed by atoms with van der Waals surface area (Å²) in [5.74, 6) is 1.63. The summed E-state index contributed by atoms with van der Waals surface area (Å²) >= 11 is 2.34. The van der Waals surface area contributed by atoms with E-state index < -0.39 is 0 Å². The standard InChI is InChI=1S/C17H21IN2/c1-12-7-13(2)9-17(8-12)20-11-15(10-19-20)14-3-5-16(18)6-4-14/h3-6,10-13,17H,7-9H2,1-2H3. The van der Waals surface area contributed by atoms with Crippen LogP contribution in [-0.4, -0.2) is 9.78 Å². The van der Waals surface area contributed by atoms with Gasteiger partial charge >= 0.3 is 0 Å². The van der Waals surface area contributed by atoms with E-state index in [1.54, 1.807) is 0 Å². The molecule has 1 aliphatic rings. The lowest BCUT2D eigenvalue weighted by atomic mass is 9.80. The van der Waals surface area contributed by atoms with Crippen LogP contribution in [0.2, 0.25) is 0 Å². The van der Waals surface area contributed by atoms with Crippen molar-refractivity contribution in [3.63, 3.8) is 0 Å². The van der Waals surface area contributed by atoms with Gasteiger partial charge in [0, 0.05) is 15.3 Å². The first kappa shape index (κ1) is 14.1. The molecule has 0 aliphatic heterocycles. The maximum Gasteiger partial charge on any atom is 0.0568 e. The monoisotopic (exact) mass is 380 g/mol. The van der Waals surface area contributed by atoms with Crippen molar-refractivity contribution in [1.29, 1.82) is 0 Å². The molecule has 0 bridgehead atoms. The van der Waals surface area contributed by atoms with E-state index in [2.05, 4.69) is 76.7 Å². The molecule has 1 aromatic heterocycles. The Morgan fingerprint density at radius 1 is 1.00 bits per heavy atom. The Morgan fingerprint density at radius 3 is 2.30 bits per heavy atom. The van der Waals surface area contributed by atoms with Crippen molar-refractivity contribution >= 4 is 22.6 Å². The van der Waals surface area contributed by atoms with Crippen LogP contribution in [0.1, 0.15) is 39.2 Å². The summed E-state index contributed by atoms with van der Waals surface area (Å²) in [6.45, 7) is 4.73. The van der Waals surface area contributed by atoms with Crippen LogP contribution in [0, 0.1) is 15.4 Å². The normalized spacial score (nSPS) is 26.6. The first-order valence-electron chi connectivity index (χ1n) is 7.42. The van der Waals surface area contributed by atoms with Crippen molar-refractivity contribution in [2.45, 2.75) is 39.2 Å². The molecule has 0 N–H and O–H groups in total. The molecule has 2 atom stereocenters. The molecule has 0 saturated heterocycles. The van der Waals surface area contributed by atoms with Crippen LogP contribution in [0.5, 0.6) is 0 Å². The smallest absolute Gasteiger partial charge is 0.0568 e. The fourth-order valence-electron chi connectivity index (χ4n) is 3.45. The second-order valence-electron chi connectivity index (χ2n) is 6.29. The predicted molar refractivity (Wildman–Crippen MR) is 91.6 cm³/mol. The second kappa shape index (κ2) is 5.88. The Hall–Kier alpha value is -0.840. The van der Waals surface area contributed by atoms with E-state index in [-0.39, 0.29) is 0 Å². The fraction of sp³-hybridized carbons (Fsp3) is 0.471. The highest BCUT2D eigenvalue weighted by Crippen LogP contribution is 2.36. The van der Waals surface area contributed by atoms with Crippen molar-refractivity contribution in [3.8, 4) is 11.1 Å². The summed E-state index contributed by atoms with van der Waals surface area (Å²) in [4.78, 5) is 0. The van der Waals surface area contributed by atoms with E-state index in [9.17, 15) is 0 Å². The predicted octanol–water partition coefficient (Wildman–Crippen LogP) is 5.15. The van der Waals surface area contributed by atoms with Gasteiger partial charge in [-0.05, 0) is 71.4 Å². The van der Waals surface area contributed by atoms with E-state index >= 15 is 0 Å². The van der Waals surface area contributed by atoms with Gasteiger partial charge in [-0.1, -0.05) is 26.0 Å². The number of rotatable bonds is 2. The highest BCUT2D eigenvalue weighted by molar-refractivity contribution is 14.1. The van der Waals surface area contributed by atoms with Crippen LogP contribution in [0.4, 0.5) is 0 Å². The number of halogens is 1. The van der Waals surface area contributed by atoms with Gasteiger partial charge in [0.15, 0.2) is 0 Å². The third-order valence-electron chi connectivity index (χ3n) is 4.31. The molecule has 1 aliphatic carbocycles. The molecule has 20 heavy (non-hydrogen) atoms. The van der Waals surface area contributed by atoms with Gasteiger partial charge in [0.2, 0.25) is 0 Å². The number of aromatic nitrogens is 2. The second-order valence-corrected chi connectivity index (χ2v) is 7.53. The van der Waals surface area contributed by atoms with Gasteiger partial charge < -0.3 is 0 Å². The van der Waals surface area contributed by atoms with Crippen LogP contribution in [0.15, 0.2) is 36.7 Å². The largest absolute Gasteiger partial charge is 0.269 e. The number of hydrogen-bond acceptors (Lipinski definition) is 1. The molecule has 0 spiro atoms. The molecule has 2 nitrogen and oxygen atoms in total. The Kier molecular flexibility index (Phi) is 4.15. The number of benzene rings is 1. The van der Waals surface area contributed by atoms with Gasteiger partial charge in [0.1, 0.15) is 0 Å². The number of nitrogens with zero attached hydrogens (tertiary/aromatic N) is 2. The first-order chi connectivity index (χ1) is 9.61. The van der Waals surface area contributed by atoms with E-state index in [0.29, 0.717) is 6.04 Å². The third-order valence-corrected chi connectivity index (χ3v) is 5.03. The molecule has 3 heteroatoms. The first-order valence-corrected chi connectivity index (χ1v) is 8.50. The van der Waals surface area contributed by atoms with Gasteiger partial charge in [0.25, 0.3) is 0 Å². The molecule has 106 valence electrons. The molecular formula is C17H21IN2. The fourth-order valence-corrected chi connectivity index (χ4v) is 3.81. The zero-order chi connectivity index (χ0) is 14.1. The van der Waals surface area contributed by atoms with Gasteiger partial charge in [-0.2, -0.15) is 5.10 Å². The van der Waals surface area contributed by atoms with Crippen molar-refractivity contribution in [2.24, 2.45) is 11.8 Å². The molecule has 3 rings (SSSR count). The lowest BCUT2D eigenvalue weighted by molar-refractivity contribution is 0.210. The van der Waals surface area contributed by atoms with Gasteiger partial charge in [0.05, 0.1) is 12.2 Å². The molecular weight excluding hydrogens is 359 g/mol. The maximum absolute atomic E-state index is 4.62. The Balaban J connectivity index is 1.81. The van der Waals surface area contributed by atoms with E-state index in [1.807, 2.05) is 6.20 Å². The van der Waals surface area contributed by atoms with Crippen LogP contribution >= 0.6 is 22.6 Å². The highest BCUT2D eigenvalue weighted by Gasteiger charge is 2.25. The minimum Gasteiger partial charge on any atom is -0.269 e. The SMILES string of the molecule is CC1CC(C)CC(n2cc(-c3ccc(I)cc3)cn2)C1. The maximum atomic E-state index is 4.62. The Labute approximate surface area is 134 Å². The summed E-state index contributed by atoms with van der Waals surface area (Å²) in [6, 6.07) is 9.23. The molecule has 0 radical (unpaired) electrons. The van der Waals surface area contributed by atoms with Crippen LogP contribution in [0.25, 0.3) is 11.1 Å². The Morgan fingerprint density at radius 2 is 1.65 bits per heavy atom. The lowest BCUT2D eigenvalue weighted by Gasteiger charge is -2.31. The molecule has 1 fully saturated rings. The van der Waals surface area contributed by atoms with Crippen molar-refractivity contribution in [2.75, 3.05) is 0 Å². The van der Waals surface area contributed by atoms with Crippen molar-refractivity contribution in [3.05, 3.63) is 40.2 Å². The summed E-state index contributed by atoms with van der Waals surface area (Å²) in [6.07, 6.45) is 8.11. The molecule has 1 saturated carbocycles. The van der Waals surface area contributed by atoms with E-state index in [0.717, 1.165) is 11.8 Å². The van der Waals surface area contributed by atoms with Crippen LogP contribution in [0.3, 0.4) is 0 Å². The average molecular weight is 380 g/mol. The van der Waals surface area contributed by atoms with E-state index in [1.165, 1.54) is 34.0 Å². The van der Waals surface area contributed by atoms with Gasteiger partial charge in [-0.3, -0.25) is 4.68 Å². The highest BCUT2D eigenvalue weighted by atomic mass is 127. The van der Waals surface area contributed by atoms with Crippen LogP contribution < -0.4 is 0 Å². The summed E-state index contributed by atoms with van der Waals surface area (Å²) in [5, 5.41) is 4.62. The molecule has 2 aromatic rings. The summed E-state index contributed by atoms with van der Waals surface area (Å²) in [5.41, 5.74) is 2.49. The Bertz CT molecular complexity index is 563. The third kappa shape index (κ3) is 3.08. The quantitative estimate of drug-likeness (QED) is 0.659. The van der Waals surface area contributed by atoms with Gasteiger partial charge in [-0.25, -0.2) is 0 Å². The zero-order valence-corrected chi connectivity index (χ0v) is 14.2. The zero-order valence-electron chi connectivity index (χ0n) is 12.1. The van der Waals surface area contributed by atoms with E-state index in [4.69, 9.17) is 0 Å². The minimum absolute atomic E-state index is 0.575. The van der Waals surface area contributed by atoms with Crippen molar-refractivity contribution in [1.82, 2.24) is 9.78 Å². The van der Waals surface area contributed by atoms with Gasteiger partial charge in [-0.15, -0.1) is 0 Å². The van der Waals surface area contributed by atoms with Crippen LogP contribution in [-0.2, 0) is 0 Å².